The zero-order chi connectivity index (χ0) is 34.5. The van der Waals surface area contributed by atoms with Gasteiger partial charge < -0.3 is 4.57 Å². The lowest BCUT2D eigenvalue weighted by atomic mass is 9.83. The second kappa shape index (κ2) is 11.9. The SMILES string of the molecule is N#Cc1ccc(-c2ccc(C#N)c(-n3c4ccccc4c4cc(C#N)ccc43)c2)c(-c2c3ccccc3c(-c3ccccc3)c3ccccc23)c1. The van der Waals surface area contributed by atoms with Crippen LogP contribution in [-0.2, 0) is 0 Å². The minimum Gasteiger partial charge on any atom is -0.308 e. The highest BCUT2D eigenvalue weighted by molar-refractivity contribution is 6.22. The summed E-state index contributed by atoms with van der Waals surface area (Å²) in [5, 5.41) is 36.7. The number of nitriles is 3. The van der Waals surface area contributed by atoms with E-state index in [1.165, 1.54) is 5.56 Å². The molecule has 0 aliphatic rings. The lowest BCUT2D eigenvalue weighted by molar-refractivity contribution is 1.17. The standard InChI is InChI=1S/C47H26N4/c48-27-30-18-22-35(33-20-21-34(29-50)45(26-33)51-43-17-9-8-12-36(43)41-24-31(28-49)19-23-44(41)51)42(25-30)47-39-15-6-4-13-37(39)46(32-10-2-1-3-11-32)38-14-5-7-16-40(38)47/h1-26H. The number of rotatable bonds is 4. The van der Waals surface area contributed by atoms with Crippen molar-refractivity contribution >= 4 is 43.4 Å². The van der Waals surface area contributed by atoms with Crippen molar-refractivity contribution in [3.63, 3.8) is 0 Å². The lowest BCUT2D eigenvalue weighted by Gasteiger charge is -2.20. The fraction of sp³-hybridized carbons (Fsp3) is 0. The third-order valence-electron chi connectivity index (χ3n) is 9.88. The van der Waals surface area contributed by atoms with Gasteiger partial charge in [0.25, 0.3) is 0 Å². The molecule has 0 atom stereocenters. The van der Waals surface area contributed by atoms with Crippen molar-refractivity contribution in [2.45, 2.75) is 0 Å². The molecule has 4 nitrogen and oxygen atoms in total. The summed E-state index contributed by atoms with van der Waals surface area (Å²) in [6.07, 6.45) is 0. The monoisotopic (exact) mass is 646 g/mol. The summed E-state index contributed by atoms with van der Waals surface area (Å²) in [5.41, 5.74) is 10.5. The first-order valence-electron chi connectivity index (χ1n) is 16.7. The van der Waals surface area contributed by atoms with Gasteiger partial charge in [0.05, 0.1) is 45.5 Å². The van der Waals surface area contributed by atoms with Crippen LogP contribution in [0.5, 0.6) is 0 Å². The molecule has 234 valence electrons. The number of fused-ring (bicyclic) bond motifs is 5. The van der Waals surface area contributed by atoms with Crippen LogP contribution in [0.2, 0.25) is 0 Å². The number of hydrogen-bond donors (Lipinski definition) is 0. The minimum atomic E-state index is 0.532. The van der Waals surface area contributed by atoms with Gasteiger partial charge in [-0.2, -0.15) is 15.8 Å². The highest BCUT2D eigenvalue weighted by Gasteiger charge is 2.21. The van der Waals surface area contributed by atoms with Crippen LogP contribution in [-0.4, -0.2) is 4.57 Å². The van der Waals surface area contributed by atoms with E-state index < -0.39 is 0 Å². The van der Waals surface area contributed by atoms with Gasteiger partial charge in [0.2, 0.25) is 0 Å². The van der Waals surface area contributed by atoms with Crippen molar-refractivity contribution in [2.24, 2.45) is 0 Å². The normalized spacial score (nSPS) is 11.1. The van der Waals surface area contributed by atoms with Crippen LogP contribution in [0.3, 0.4) is 0 Å². The van der Waals surface area contributed by atoms with Gasteiger partial charge in [-0.3, -0.25) is 0 Å². The molecule has 8 aromatic carbocycles. The lowest BCUT2D eigenvalue weighted by Crippen LogP contribution is -1.99. The molecule has 0 saturated heterocycles. The van der Waals surface area contributed by atoms with E-state index in [1.807, 2.05) is 66.7 Å². The van der Waals surface area contributed by atoms with E-state index >= 15 is 0 Å². The van der Waals surface area contributed by atoms with Crippen LogP contribution < -0.4 is 0 Å². The van der Waals surface area contributed by atoms with Crippen LogP contribution in [0, 0.1) is 34.0 Å². The minimum absolute atomic E-state index is 0.532. The third-order valence-corrected chi connectivity index (χ3v) is 9.88. The third kappa shape index (κ3) is 4.66. The molecule has 9 aromatic rings. The molecule has 0 aliphatic heterocycles. The maximum absolute atomic E-state index is 10.4. The number of aromatic nitrogens is 1. The van der Waals surface area contributed by atoms with E-state index in [2.05, 4.69) is 114 Å². The van der Waals surface area contributed by atoms with Crippen molar-refractivity contribution in [3.8, 4) is 57.3 Å². The molecule has 0 saturated carbocycles. The van der Waals surface area contributed by atoms with E-state index in [9.17, 15) is 15.8 Å². The van der Waals surface area contributed by atoms with Crippen LogP contribution in [0.4, 0.5) is 0 Å². The number of hydrogen-bond acceptors (Lipinski definition) is 3. The molecule has 0 unspecified atom stereocenters. The molecule has 51 heavy (non-hydrogen) atoms. The summed E-state index contributed by atoms with van der Waals surface area (Å²) in [6.45, 7) is 0. The van der Waals surface area contributed by atoms with E-state index in [-0.39, 0.29) is 0 Å². The van der Waals surface area contributed by atoms with Crippen molar-refractivity contribution in [3.05, 3.63) is 174 Å². The highest BCUT2D eigenvalue weighted by atomic mass is 15.0. The first-order valence-corrected chi connectivity index (χ1v) is 16.7. The van der Waals surface area contributed by atoms with Gasteiger partial charge in [0.15, 0.2) is 0 Å². The van der Waals surface area contributed by atoms with Crippen molar-refractivity contribution in [1.82, 2.24) is 4.57 Å². The van der Waals surface area contributed by atoms with Crippen molar-refractivity contribution in [1.29, 1.82) is 15.8 Å². The summed E-state index contributed by atoms with van der Waals surface area (Å²) in [7, 11) is 0. The second-order valence-electron chi connectivity index (χ2n) is 12.6. The molecule has 0 radical (unpaired) electrons. The van der Waals surface area contributed by atoms with E-state index in [1.54, 1.807) is 0 Å². The molecule has 1 heterocycles. The van der Waals surface area contributed by atoms with Gasteiger partial charge >= 0.3 is 0 Å². The molecular weight excluding hydrogens is 621 g/mol. The average Bonchev–Trinajstić information content (AvgIpc) is 3.53. The number of para-hydroxylation sites is 1. The maximum atomic E-state index is 10.4. The van der Waals surface area contributed by atoms with E-state index in [0.29, 0.717) is 16.7 Å². The number of benzene rings is 8. The fourth-order valence-corrected chi connectivity index (χ4v) is 7.69. The Bertz CT molecular complexity index is 2940. The highest BCUT2D eigenvalue weighted by Crippen LogP contribution is 2.46. The first kappa shape index (κ1) is 29.7. The summed E-state index contributed by atoms with van der Waals surface area (Å²) < 4.78 is 2.12. The molecule has 0 spiro atoms. The molecule has 0 bridgehead atoms. The van der Waals surface area contributed by atoms with Gasteiger partial charge in [-0.05, 0) is 103 Å². The summed E-state index contributed by atoms with van der Waals surface area (Å²) >= 11 is 0. The zero-order valence-electron chi connectivity index (χ0n) is 27.3. The van der Waals surface area contributed by atoms with Gasteiger partial charge in [-0.1, -0.05) is 109 Å². The van der Waals surface area contributed by atoms with Gasteiger partial charge in [-0.25, -0.2) is 0 Å². The Morgan fingerprint density at radius 2 is 0.941 bits per heavy atom. The zero-order valence-corrected chi connectivity index (χ0v) is 27.3. The molecule has 0 aliphatic carbocycles. The molecule has 0 N–H and O–H groups in total. The van der Waals surface area contributed by atoms with Crippen molar-refractivity contribution in [2.75, 3.05) is 0 Å². The number of nitrogens with zero attached hydrogens (tertiary/aromatic N) is 4. The predicted molar refractivity (Wildman–Crippen MR) is 206 cm³/mol. The fourth-order valence-electron chi connectivity index (χ4n) is 7.69. The van der Waals surface area contributed by atoms with Gasteiger partial charge in [-0.15, -0.1) is 0 Å². The summed E-state index contributed by atoms with van der Waals surface area (Å²) in [4.78, 5) is 0. The second-order valence-corrected chi connectivity index (χ2v) is 12.6. The Morgan fingerprint density at radius 1 is 0.373 bits per heavy atom. The van der Waals surface area contributed by atoms with Crippen LogP contribution in [0.15, 0.2) is 158 Å². The Kier molecular flexibility index (Phi) is 6.93. The van der Waals surface area contributed by atoms with E-state index in [4.69, 9.17) is 0 Å². The molecule has 0 fully saturated rings. The Morgan fingerprint density at radius 3 is 1.61 bits per heavy atom. The molecular formula is C47H26N4. The van der Waals surface area contributed by atoms with Crippen LogP contribution in [0.1, 0.15) is 16.7 Å². The molecule has 4 heteroatoms. The predicted octanol–water partition coefficient (Wildman–Crippen LogP) is 11.7. The smallest absolute Gasteiger partial charge is 0.101 e. The van der Waals surface area contributed by atoms with Gasteiger partial charge in [0.1, 0.15) is 6.07 Å². The Balaban J connectivity index is 1.36. The summed E-state index contributed by atoms with van der Waals surface area (Å²) in [5.74, 6) is 0. The van der Waals surface area contributed by atoms with Gasteiger partial charge in [0, 0.05) is 10.8 Å². The molecule has 9 rings (SSSR count). The summed E-state index contributed by atoms with van der Waals surface area (Å²) in [6, 6.07) is 60.2. The quantitative estimate of drug-likeness (QED) is 0.179. The van der Waals surface area contributed by atoms with Crippen LogP contribution >= 0.6 is 0 Å². The largest absolute Gasteiger partial charge is 0.308 e. The topological polar surface area (TPSA) is 76.3 Å². The van der Waals surface area contributed by atoms with Crippen molar-refractivity contribution < 1.29 is 0 Å². The molecule has 0 amide bonds. The average molecular weight is 647 g/mol. The first-order chi connectivity index (χ1) is 25.2. The Hall–Kier alpha value is -7.45. The van der Waals surface area contributed by atoms with Crippen LogP contribution in [0.25, 0.3) is 82.4 Å². The van der Waals surface area contributed by atoms with E-state index in [0.717, 1.165) is 76.9 Å². The Labute approximate surface area is 294 Å². The maximum Gasteiger partial charge on any atom is 0.101 e. The molecule has 1 aromatic heterocycles.